The first kappa shape index (κ1) is 10.8. The fourth-order valence-electron chi connectivity index (χ4n) is 2.96. The summed E-state index contributed by atoms with van der Waals surface area (Å²) < 4.78 is 0. The van der Waals surface area contributed by atoms with Gasteiger partial charge in [-0.3, -0.25) is 4.79 Å². The molecule has 0 radical (unpaired) electrons. The lowest BCUT2D eigenvalue weighted by atomic mass is 10.1. The average Bonchev–Trinajstić information content (AvgIpc) is 2.94. The quantitative estimate of drug-likeness (QED) is 0.796. The van der Waals surface area contributed by atoms with Crippen LogP contribution < -0.4 is 10.2 Å². The summed E-state index contributed by atoms with van der Waals surface area (Å²) in [7, 11) is 0. The van der Waals surface area contributed by atoms with Crippen molar-refractivity contribution in [3.63, 3.8) is 0 Å². The van der Waals surface area contributed by atoms with Gasteiger partial charge in [-0.05, 0) is 44.4 Å². The Hall–Kier alpha value is -1.35. The van der Waals surface area contributed by atoms with E-state index >= 15 is 0 Å². The van der Waals surface area contributed by atoms with E-state index in [1.54, 1.807) is 0 Å². The molecule has 2 heterocycles. The predicted octanol–water partition coefficient (Wildman–Crippen LogP) is 1.72. The van der Waals surface area contributed by atoms with E-state index in [4.69, 9.17) is 0 Å². The van der Waals surface area contributed by atoms with E-state index in [1.165, 1.54) is 5.56 Å². The molecule has 3 rings (SSSR count). The van der Waals surface area contributed by atoms with Crippen molar-refractivity contribution in [1.82, 2.24) is 5.32 Å². The van der Waals surface area contributed by atoms with Crippen LogP contribution in [0.2, 0.25) is 0 Å². The van der Waals surface area contributed by atoms with Crippen molar-refractivity contribution in [3.8, 4) is 0 Å². The summed E-state index contributed by atoms with van der Waals surface area (Å²) in [6.07, 6.45) is 3.07. The molecule has 0 bridgehead atoms. The van der Waals surface area contributed by atoms with Gasteiger partial charge in [0.05, 0.1) is 6.04 Å². The highest BCUT2D eigenvalue weighted by Gasteiger charge is 2.35. The van der Waals surface area contributed by atoms with Gasteiger partial charge >= 0.3 is 0 Å². The Balaban J connectivity index is 1.89. The summed E-state index contributed by atoms with van der Waals surface area (Å²) in [5.74, 6) is 0.250. The molecule has 1 aromatic rings. The molecule has 1 unspecified atom stereocenters. The van der Waals surface area contributed by atoms with Gasteiger partial charge in [0.15, 0.2) is 0 Å². The van der Waals surface area contributed by atoms with E-state index < -0.39 is 0 Å². The average molecular weight is 230 g/mol. The van der Waals surface area contributed by atoms with Crippen molar-refractivity contribution in [2.24, 2.45) is 0 Å². The fourth-order valence-corrected chi connectivity index (χ4v) is 2.96. The smallest absolute Gasteiger partial charge is 0.244 e. The van der Waals surface area contributed by atoms with Crippen LogP contribution in [0.5, 0.6) is 0 Å². The molecule has 90 valence electrons. The van der Waals surface area contributed by atoms with Gasteiger partial charge in [0, 0.05) is 11.7 Å². The van der Waals surface area contributed by atoms with Gasteiger partial charge < -0.3 is 10.2 Å². The lowest BCUT2D eigenvalue weighted by Gasteiger charge is -2.25. The highest BCUT2D eigenvalue weighted by molar-refractivity contribution is 5.99. The molecule has 3 nitrogen and oxygen atoms in total. The Morgan fingerprint density at radius 3 is 3.00 bits per heavy atom. The molecular formula is C14H18N2O. The zero-order valence-corrected chi connectivity index (χ0v) is 10.1. The fraction of sp³-hybridized carbons (Fsp3) is 0.500. The molecule has 1 aromatic carbocycles. The molecule has 0 saturated carbocycles. The van der Waals surface area contributed by atoms with E-state index in [9.17, 15) is 4.79 Å². The number of nitrogens with one attached hydrogen (secondary N) is 1. The first-order valence-corrected chi connectivity index (χ1v) is 6.42. The molecule has 0 aromatic heterocycles. The number of rotatable bonds is 1. The van der Waals surface area contributed by atoms with E-state index in [0.717, 1.165) is 31.5 Å². The van der Waals surface area contributed by atoms with Crippen molar-refractivity contribution in [3.05, 3.63) is 29.8 Å². The second-order valence-corrected chi connectivity index (χ2v) is 5.04. The van der Waals surface area contributed by atoms with Crippen molar-refractivity contribution in [1.29, 1.82) is 0 Å². The van der Waals surface area contributed by atoms with E-state index in [1.807, 2.05) is 17.0 Å². The zero-order valence-electron chi connectivity index (χ0n) is 10.1. The highest BCUT2D eigenvalue weighted by atomic mass is 16.2. The Bertz CT molecular complexity index is 438. The number of carbonyl (C=O) groups is 1. The van der Waals surface area contributed by atoms with Gasteiger partial charge in [-0.2, -0.15) is 0 Å². The summed E-state index contributed by atoms with van der Waals surface area (Å²) in [5, 5.41) is 3.29. The Morgan fingerprint density at radius 2 is 2.24 bits per heavy atom. The first-order chi connectivity index (χ1) is 8.27. The van der Waals surface area contributed by atoms with Crippen LogP contribution in [0.1, 0.15) is 25.3 Å². The highest BCUT2D eigenvalue weighted by Crippen LogP contribution is 2.32. The number of hydrogen-bond donors (Lipinski definition) is 1. The van der Waals surface area contributed by atoms with Crippen LogP contribution in [0.25, 0.3) is 0 Å². The largest absolute Gasteiger partial charge is 0.308 e. The van der Waals surface area contributed by atoms with Crippen LogP contribution in [-0.4, -0.2) is 24.5 Å². The summed E-state index contributed by atoms with van der Waals surface area (Å²) in [6, 6.07) is 8.57. The van der Waals surface area contributed by atoms with Gasteiger partial charge in [-0.25, -0.2) is 0 Å². The lowest BCUT2D eigenvalue weighted by molar-refractivity contribution is -0.120. The normalized spacial score (nSPS) is 27.2. The maximum absolute atomic E-state index is 12.5. The van der Waals surface area contributed by atoms with Crippen molar-refractivity contribution < 1.29 is 4.79 Å². The monoisotopic (exact) mass is 230 g/mol. The number of hydrogen-bond acceptors (Lipinski definition) is 2. The first-order valence-electron chi connectivity index (χ1n) is 6.42. The van der Waals surface area contributed by atoms with Crippen LogP contribution in [0.3, 0.4) is 0 Å². The molecule has 0 spiro atoms. The molecule has 0 aliphatic carbocycles. The third-order valence-corrected chi connectivity index (χ3v) is 3.80. The molecular weight excluding hydrogens is 212 g/mol. The van der Waals surface area contributed by atoms with Crippen LogP contribution in [0, 0.1) is 0 Å². The number of fused-ring (bicyclic) bond motifs is 1. The SMILES string of the molecule is CC1Cc2ccccc2N1C(=O)[C@@H]1CCCN1. The Kier molecular flexibility index (Phi) is 2.63. The third-order valence-electron chi connectivity index (χ3n) is 3.80. The van der Waals surface area contributed by atoms with E-state index in [0.29, 0.717) is 6.04 Å². The van der Waals surface area contributed by atoms with Crippen molar-refractivity contribution in [2.45, 2.75) is 38.3 Å². The minimum absolute atomic E-state index is 0.0311. The van der Waals surface area contributed by atoms with Crippen LogP contribution >= 0.6 is 0 Å². The molecule has 2 aliphatic heterocycles. The molecule has 1 amide bonds. The molecule has 2 aliphatic rings. The minimum atomic E-state index is 0.0311. The topological polar surface area (TPSA) is 32.3 Å². The number of nitrogens with zero attached hydrogens (tertiary/aromatic N) is 1. The van der Waals surface area contributed by atoms with Crippen LogP contribution in [0.4, 0.5) is 5.69 Å². The minimum Gasteiger partial charge on any atom is -0.308 e. The molecule has 2 atom stereocenters. The number of para-hydroxylation sites is 1. The summed E-state index contributed by atoms with van der Waals surface area (Å²) in [6.45, 7) is 3.10. The van der Waals surface area contributed by atoms with Gasteiger partial charge in [0.2, 0.25) is 5.91 Å². The van der Waals surface area contributed by atoms with Crippen LogP contribution in [-0.2, 0) is 11.2 Å². The number of benzene rings is 1. The number of anilines is 1. The molecule has 3 heteroatoms. The standard InChI is InChI=1S/C14H18N2O/c1-10-9-11-5-2-3-7-13(11)16(10)14(17)12-6-4-8-15-12/h2-3,5,7,10,12,15H,4,6,8-9H2,1H3/t10?,12-/m0/s1. The van der Waals surface area contributed by atoms with Crippen molar-refractivity contribution >= 4 is 11.6 Å². The number of amides is 1. The Morgan fingerprint density at radius 1 is 1.41 bits per heavy atom. The zero-order chi connectivity index (χ0) is 11.8. The van der Waals surface area contributed by atoms with Gasteiger partial charge in [-0.15, -0.1) is 0 Å². The number of carbonyl (C=O) groups excluding carboxylic acids is 1. The second kappa shape index (κ2) is 4.15. The molecule has 1 saturated heterocycles. The summed E-state index contributed by atoms with van der Waals surface area (Å²) in [5.41, 5.74) is 2.41. The van der Waals surface area contributed by atoms with Gasteiger partial charge in [-0.1, -0.05) is 18.2 Å². The molecule has 17 heavy (non-hydrogen) atoms. The second-order valence-electron chi connectivity index (χ2n) is 5.04. The van der Waals surface area contributed by atoms with Crippen LogP contribution in [0.15, 0.2) is 24.3 Å². The predicted molar refractivity (Wildman–Crippen MR) is 68.1 cm³/mol. The van der Waals surface area contributed by atoms with E-state index in [2.05, 4.69) is 24.4 Å². The maximum Gasteiger partial charge on any atom is 0.244 e. The van der Waals surface area contributed by atoms with E-state index in [-0.39, 0.29) is 11.9 Å². The molecule has 1 N–H and O–H groups in total. The summed E-state index contributed by atoms with van der Waals surface area (Å²) in [4.78, 5) is 14.5. The van der Waals surface area contributed by atoms with Crippen molar-refractivity contribution in [2.75, 3.05) is 11.4 Å². The lowest BCUT2D eigenvalue weighted by Crippen LogP contribution is -2.46. The third kappa shape index (κ3) is 1.75. The Labute approximate surface area is 102 Å². The summed E-state index contributed by atoms with van der Waals surface area (Å²) >= 11 is 0. The molecule has 1 fully saturated rings. The van der Waals surface area contributed by atoms with Gasteiger partial charge in [0.1, 0.15) is 0 Å². The maximum atomic E-state index is 12.5. The van der Waals surface area contributed by atoms with Gasteiger partial charge in [0.25, 0.3) is 0 Å².